The summed E-state index contributed by atoms with van der Waals surface area (Å²) < 4.78 is 5.03. The zero-order chi connectivity index (χ0) is 17.2. The molecule has 0 aliphatic carbocycles. The highest BCUT2D eigenvalue weighted by Gasteiger charge is 2.20. The number of nitrogens with zero attached hydrogens (tertiary/aromatic N) is 2. The van der Waals surface area contributed by atoms with Gasteiger partial charge in [0.2, 0.25) is 0 Å². The van der Waals surface area contributed by atoms with Gasteiger partial charge >= 0.3 is 5.76 Å². The number of piperazine rings is 1. The number of para-hydroxylation sites is 1. The van der Waals surface area contributed by atoms with Gasteiger partial charge in [-0.25, -0.2) is 4.79 Å². The molecular formula is C19H20ClN3O3. The second-order valence-corrected chi connectivity index (χ2v) is 6.25. The van der Waals surface area contributed by atoms with Gasteiger partial charge in [0.25, 0.3) is 0 Å². The molecule has 1 saturated heterocycles. The third-order valence-electron chi connectivity index (χ3n) is 4.60. The number of carbonyl (C=O) groups excluding carboxylic acids is 1. The Morgan fingerprint density at radius 3 is 2.50 bits per heavy atom. The first-order valence-electron chi connectivity index (χ1n) is 8.37. The number of hydrogen-bond acceptors (Lipinski definition) is 5. The zero-order valence-electron chi connectivity index (χ0n) is 14.2. The lowest BCUT2D eigenvalue weighted by atomic mass is 10.1. The number of hydrogen-bond donors (Lipinski definition) is 1. The van der Waals surface area contributed by atoms with Crippen LogP contribution in [0.15, 0.2) is 57.7 Å². The molecule has 6 nitrogen and oxygen atoms in total. The predicted molar refractivity (Wildman–Crippen MR) is 104 cm³/mol. The summed E-state index contributed by atoms with van der Waals surface area (Å²) in [6.07, 6.45) is 0. The van der Waals surface area contributed by atoms with Crippen molar-refractivity contribution in [2.24, 2.45) is 0 Å². The van der Waals surface area contributed by atoms with Gasteiger partial charge in [-0.2, -0.15) is 0 Å². The summed E-state index contributed by atoms with van der Waals surface area (Å²) in [7, 11) is 0. The maximum atomic E-state index is 12.5. The number of ketones is 1. The lowest BCUT2D eigenvalue weighted by Crippen LogP contribution is -2.48. The minimum Gasteiger partial charge on any atom is -0.408 e. The van der Waals surface area contributed by atoms with E-state index in [4.69, 9.17) is 4.42 Å². The van der Waals surface area contributed by atoms with Crippen molar-refractivity contribution in [1.29, 1.82) is 0 Å². The molecule has 2 aromatic carbocycles. The Morgan fingerprint density at radius 2 is 1.77 bits per heavy atom. The molecule has 3 aromatic rings. The van der Waals surface area contributed by atoms with Crippen LogP contribution >= 0.6 is 12.4 Å². The van der Waals surface area contributed by atoms with Crippen LogP contribution < -0.4 is 10.7 Å². The van der Waals surface area contributed by atoms with Crippen molar-refractivity contribution in [1.82, 2.24) is 9.88 Å². The molecule has 1 aromatic heterocycles. The molecule has 0 amide bonds. The van der Waals surface area contributed by atoms with Gasteiger partial charge in [0, 0.05) is 37.4 Å². The van der Waals surface area contributed by atoms with E-state index in [0.717, 1.165) is 26.2 Å². The number of Topliss-reactive ketones (excluding diaryl/α,β-unsaturated/α-hetero) is 1. The van der Waals surface area contributed by atoms with Crippen LogP contribution in [0, 0.1) is 0 Å². The van der Waals surface area contributed by atoms with E-state index in [1.807, 2.05) is 18.2 Å². The molecule has 0 saturated carbocycles. The monoisotopic (exact) mass is 373 g/mol. The number of nitrogens with one attached hydrogen (secondary N) is 1. The molecule has 0 bridgehead atoms. The Balaban J connectivity index is 0.00000196. The highest BCUT2D eigenvalue weighted by atomic mass is 35.5. The van der Waals surface area contributed by atoms with Gasteiger partial charge in [-0.05, 0) is 30.3 Å². The SMILES string of the molecule is Cl.O=C(CN1CCN(c2ccccc2)CC1)c1ccc2[nH]c(=O)oc2c1. The van der Waals surface area contributed by atoms with Gasteiger partial charge in [-0.1, -0.05) is 18.2 Å². The van der Waals surface area contributed by atoms with Gasteiger partial charge in [-0.15, -0.1) is 12.4 Å². The van der Waals surface area contributed by atoms with Gasteiger partial charge in [0.1, 0.15) is 0 Å². The van der Waals surface area contributed by atoms with E-state index in [2.05, 4.69) is 26.9 Å². The fraction of sp³-hybridized carbons (Fsp3) is 0.263. The summed E-state index contributed by atoms with van der Waals surface area (Å²) in [5, 5.41) is 0. The molecule has 0 atom stereocenters. The largest absolute Gasteiger partial charge is 0.417 e. The summed E-state index contributed by atoms with van der Waals surface area (Å²) in [6, 6.07) is 15.4. The van der Waals surface area contributed by atoms with Crippen molar-refractivity contribution < 1.29 is 9.21 Å². The van der Waals surface area contributed by atoms with Crippen LogP contribution in [0.5, 0.6) is 0 Å². The van der Waals surface area contributed by atoms with Gasteiger partial charge in [0.05, 0.1) is 12.1 Å². The summed E-state index contributed by atoms with van der Waals surface area (Å²) in [4.78, 5) is 30.8. The average Bonchev–Trinajstić information content (AvgIpc) is 3.02. The first kappa shape index (κ1) is 18.2. The van der Waals surface area contributed by atoms with E-state index >= 15 is 0 Å². The first-order valence-corrected chi connectivity index (χ1v) is 8.37. The van der Waals surface area contributed by atoms with Crippen molar-refractivity contribution in [3.8, 4) is 0 Å². The highest BCUT2D eigenvalue weighted by molar-refractivity contribution is 5.99. The van der Waals surface area contributed by atoms with Crippen molar-refractivity contribution in [2.75, 3.05) is 37.6 Å². The molecule has 1 aliphatic rings. The third-order valence-corrected chi connectivity index (χ3v) is 4.60. The molecule has 7 heteroatoms. The summed E-state index contributed by atoms with van der Waals surface area (Å²) >= 11 is 0. The maximum Gasteiger partial charge on any atom is 0.417 e. The first-order chi connectivity index (χ1) is 12.2. The zero-order valence-corrected chi connectivity index (χ0v) is 15.0. The molecule has 136 valence electrons. The Kier molecular flexibility index (Phi) is 5.44. The van der Waals surface area contributed by atoms with Gasteiger partial charge in [0.15, 0.2) is 11.4 Å². The number of benzene rings is 2. The molecule has 4 rings (SSSR count). The third kappa shape index (κ3) is 3.81. The van der Waals surface area contributed by atoms with Crippen molar-refractivity contribution in [3.63, 3.8) is 0 Å². The van der Waals surface area contributed by atoms with Crippen LogP contribution in [0.25, 0.3) is 11.1 Å². The highest BCUT2D eigenvalue weighted by Crippen LogP contribution is 2.17. The number of oxazole rings is 1. The minimum absolute atomic E-state index is 0. The second kappa shape index (κ2) is 7.76. The fourth-order valence-electron chi connectivity index (χ4n) is 3.22. The van der Waals surface area contributed by atoms with Gasteiger partial charge in [-0.3, -0.25) is 14.7 Å². The molecule has 1 fully saturated rings. The molecule has 0 spiro atoms. The number of carbonyl (C=O) groups is 1. The van der Waals surface area contributed by atoms with Crippen LogP contribution in [0.2, 0.25) is 0 Å². The summed E-state index contributed by atoms with van der Waals surface area (Å²) in [5.74, 6) is -0.462. The number of rotatable bonds is 4. The van der Waals surface area contributed by atoms with Gasteiger partial charge < -0.3 is 9.32 Å². The Morgan fingerprint density at radius 1 is 1.04 bits per heavy atom. The van der Waals surface area contributed by atoms with E-state index in [9.17, 15) is 9.59 Å². The van der Waals surface area contributed by atoms with E-state index in [0.29, 0.717) is 23.2 Å². The van der Waals surface area contributed by atoms with Crippen molar-refractivity contribution >= 4 is 35.0 Å². The Labute approximate surface area is 156 Å². The van der Waals surface area contributed by atoms with Crippen LogP contribution in [-0.2, 0) is 0 Å². The van der Waals surface area contributed by atoms with E-state index in [1.54, 1.807) is 18.2 Å². The van der Waals surface area contributed by atoms with Crippen LogP contribution in [0.4, 0.5) is 5.69 Å². The molecule has 1 aliphatic heterocycles. The summed E-state index contributed by atoms with van der Waals surface area (Å²) in [6.45, 7) is 3.89. The van der Waals surface area contributed by atoms with Crippen LogP contribution in [-0.4, -0.2) is 48.4 Å². The minimum atomic E-state index is -0.503. The standard InChI is InChI=1S/C19H19N3O3.ClH/c23-17(14-6-7-16-18(12-14)25-19(24)20-16)13-21-8-10-22(11-9-21)15-4-2-1-3-5-15;/h1-7,12H,8-11,13H2,(H,20,24);1H. The quantitative estimate of drug-likeness (QED) is 0.712. The number of halogens is 1. The van der Waals surface area contributed by atoms with E-state index in [1.165, 1.54) is 5.69 Å². The molecule has 1 N–H and O–H groups in total. The molecular weight excluding hydrogens is 354 g/mol. The average molecular weight is 374 g/mol. The fourth-order valence-corrected chi connectivity index (χ4v) is 3.22. The number of anilines is 1. The van der Waals surface area contributed by atoms with Crippen molar-refractivity contribution in [2.45, 2.75) is 0 Å². The Bertz CT molecular complexity index is 943. The lowest BCUT2D eigenvalue weighted by Gasteiger charge is -2.35. The van der Waals surface area contributed by atoms with Crippen LogP contribution in [0.1, 0.15) is 10.4 Å². The molecule has 0 unspecified atom stereocenters. The number of aromatic amines is 1. The maximum absolute atomic E-state index is 12.5. The molecule has 0 radical (unpaired) electrons. The van der Waals surface area contributed by atoms with Crippen molar-refractivity contribution in [3.05, 3.63) is 64.6 Å². The second-order valence-electron chi connectivity index (χ2n) is 6.25. The van der Waals surface area contributed by atoms with E-state index in [-0.39, 0.29) is 18.2 Å². The lowest BCUT2D eigenvalue weighted by molar-refractivity contribution is 0.0926. The number of fused-ring (bicyclic) bond motifs is 1. The smallest absolute Gasteiger partial charge is 0.408 e. The summed E-state index contributed by atoms with van der Waals surface area (Å²) in [5.41, 5.74) is 2.82. The predicted octanol–water partition coefficient (Wildman–Crippen LogP) is 2.55. The topological polar surface area (TPSA) is 69.6 Å². The number of aromatic nitrogens is 1. The molecule has 26 heavy (non-hydrogen) atoms. The Hall–Kier alpha value is -2.57. The van der Waals surface area contributed by atoms with Crippen LogP contribution in [0.3, 0.4) is 0 Å². The van der Waals surface area contributed by atoms with E-state index < -0.39 is 5.76 Å². The molecule has 2 heterocycles. The normalized spacial score (nSPS) is 15.0. The number of H-pyrrole nitrogens is 1.